The van der Waals surface area contributed by atoms with Crippen molar-refractivity contribution < 1.29 is 0 Å². The summed E-state index contributed by atoms with van der Waals surface area (Å²) >= 11 is 0. The molecule has 12 nitrogen and oxygen atoms in total. The number of pyridine rings is 2. The summed E-state index contributed by atoms with van der Waals surface area (Å²) in [6.45, 7) is 3.42. The average Bonchev–Trinajstić information content (AvgIpc) is 2.90. The number of anilines is 2. The van der Waals surface area contributed by atoms with Crippen LogP contribution in [0.15, 0.2) is 43.4 Å². The van der Waals surface area contributed by atoms with Crippen LogP contribution in [-0.4, -0.2) is 28.2 Å². The Morgan fingerprint density at radius 3 is 1.21 bits per heavy atom. The van der Waals surface area contributed by atoms with Crippen LogP contribution in [0.2, 0.25) is 0 Å². The molecule has 4 aromatic heterocycles. The molecule has 0 aliphatic carbocycles. The van der Waals surface area contributed by atoms with Crippen LogP contribution < -0.4 is 34.0 Å². The number of nitrogens with zero attached hydrogens (tertiary/aromatic N) is 6. The van der Waals surface area contributed by atoms with Crippen LogP contribution in [0.1, 0.15) is 11.4 Å². The Kier molecular flexibility index (Phi) is 5.37. The van der Waals surface area contributed by atoms with E-state index in [1.165, 1.54) is 23.2 Å². The van der Waals surface area contributed by atoms with E-state index in [0.717, 1.165) is 9.13 Å². The molecule has 0 spiro atoms. The monoisotopic (exact) mass is 514 g/mol. The Morgan fingerprint density at radius 2 is 0.895 bits per heavy atom. The lowest BCUT2D eigenvalue weighted by Gasteiger charge is -2.17. The van der Waals surface area contributed by atoms with E-state index in [0.29, 0.717) is 45.0 Å². The lowest BCUT2D eigenvalue weighted by molar-refractivity contribution is 0.707. The first-order chi connectivity index (χ1) is 17.9. The van der Waals surface area contributed by atoms with E-state index in [-0.39, 0.29) is 22.1 Å². The van der Waals surface area contributed by atoms with Gasteiger partial charge in [-0.1, -0.05) is 24.3 Å². The van der Waals surface area contributed by atoms with Crippen LogP contribution in [0.5, 0.6) is 0 Å². The van der Waals surface area contributed by atoms with Crippen molar-refractivity contribution in [2.45, 2.75) is 13.8 Å². The van der Waals surface area contributed by atoms with Crippen molar-refractivity contribution in [3.05, 3.63) is 77.3 Å². The Hall–Kier alpha value is -5.00. The van der Waals surface area contributed by atoms with Gasteiger partial charge in [0.05, 0.1) is 33.5 Å². The van der Waals surface area contributed by atoms with E-state index in [4.69, 9.17) is 11.5 Å². The second kappa shape index (κ2) is 8.26. The van der Waals surface area contributed by atoms with Gasteiger partial charge in [0.2, 0.25) is 0 Å². The summed E-state index contributed by atoms with van der Waals surface area (Å²) in [6, 6.07) is 7.05. The fraction of sp³-hybridized carbons (Fsp3) is 0.231. The second-order valence-corrected chi connectivity index (χ2v) is 9.36. The molecule has 0 radical (unpaired) electrons. The van der Waals surface area contributed by atoms with Crippen LogP contribution in [0.25, 0.3) is 44.3 Å². The maximum absolute atomic E-state index is 13.2. The third kappa shape index (κ3) is 3.23. The Labute approximate surface area is 215 Å². The number of aryl methyl sites for hydroxylation is 4. The Morgan fingerprint density at radius 1 is 0.579 bits per heavy atom. The largest absolute Gasteiger partial charge is 0.397 e. The van der Waals surface area contributed by atoms with Crippen LogP contribution in [-0.2, 0) is 28.2 Å². The first-order valence-electron chi connectivity index (χ1n) is 11.7. The highest BCUT2D eigenvalue weighted by Crippen LogP contribution is 2.37. The summed E-state index contributed by atoms with van der Waals surface area (Å²) in [5, 5.41) is 0.443. The molecule has 0 bridgehead atoms. The highest BCUT2D eigenvalue weighted by molar-refractivity contribution is 6.02. The van der Waals surface area contributed by atoms with Crippen LogP contribution in [0.3, 0.4) is 0 Å². The highest BCUT2D eigenvalue weighted by Gasteiger charge is 2.22. The molecule has 5 rings (SSSR count). The van der Waals surface area contributed by atoms with Gasteiger partial charge in [0.15, 0.2) is 0 Å². The minimum Gasteiger partial charge on any atom is -0.397 e. The van der Waals surface area contributed by atoms with Gasteiger partial charge >= 0.3 is 11.4 Å². The number of hydrogen-bond acceptors (Lipinski definition) is 8. The van der Waals surface area contributed by atoms with E-state index >= 15 is 0 Å². The molecule has 0 atom stereocenters. The van der Waals surface area contributed by atoms with Gasteiger partial charge in [0.1, 0.15) is 11.3 Å². The van der Waals surface area contributed by atoms with Crippen molar-refractivity contribution in [3.8, 4) is 22.3 Å². The minimum absolute atomic E-state index is 0.221. The number of nitrogen functional groups attached to an aromatic ring is 2. The quantitative estimate of drug-likeness (QED) is 0.347. The van der Waals surface area contributed by atoms with Gasteiger partial charge < -0.3 is 11.5 Å². The van der Waals surface area contributed by atoms with Gasteiger partial charge in [0.25, 0.3) is 11.1 Å². The third-order valence-corrected chi connectivity index (χ3v) is 7.10. The smallest absolute Gasteiger partial charge is 0.332 e. The van der Waals surface area contributed by atoms with Gasteiger partial charge in [-0.3, -0.25) is 27.9 Å². The van der Waals surface area contributed by atoms with Gasteiger partial charge in [-0.05, 0) is 25.0 Å². The molecule has 1 aromatic carbocycles. The molecule has 5 aromatic rings. The van der Waals surface area contributed by atoms with E-state index in [2.05, 4.69) is 9.97 Å². The summed E-state index contributed by atoms with van der Waals surface area (Å²) in [5.74, 6) is 0. The summed E-state index contributed by atoms with van der Waals surface area (Å²) in [4.78, 5) is 60.2. The van der Waals surface area contributed by atoms with Crippen molar-refractivity contribution in [3.63, 3.8) is 0 Å². The molecule has 0 aliphatic rings. The van der Waals surface area contributed by atoms with Gasteiger partial charge in [-0.2, -0.15) is 0 Å². The number of hydrogen-bond donors (Lipinski definition) is 2. The zero-order valence-corrected chi connectivity index (χ0v) is 21.8. The lowest BCUT2D eigenvalue weighted by Crippen LogP contribution is -2.37. The van der Waals surface area contributed by atoms with Crippen LogP contribution >= 0.6 is 0 Å². The van der Waals surface area contributed by atoms with E-state index in [9.17, 15) is 19.2 Å². The fourth-order valence-electron chi connectivity index (χ4n) is 4.84. The molecule has 4 N–H and O–H groups in total. The van der Waals surface area contributed by atoms with Crippen molar-refractivity contribution >= 4 is 33.4 Å². The van der Waals surface area contributed by atoms with Gasteiger partial charge in [0, 0.05) is 39.3 Å². The molecule has 0 saturated heterocycles. The van der Waals surface area contributed by atoms with Crippen molar-refractivity contribution in [2.24, 2.45) is 28.2 Å². The van der Waals surface area contributed by atoms with E-state index in [1.54, 1.807) is 52.2 Å². The lowest BCUT2D eigenvalue weighted by atomic mass is 9.95. The van der Waals surface area contributed by atoms with Crippen molar-refractivity contribution in [1.29, 1.82) is 0 Å². The molecule has 38 heavy (non-hydrogen) atoms. The Balaban J connectivity index is 1.84. The standard InChI is InChI=1S/C26H26N8O4/c1-11-19(27)15(17-21(29-11)31(3)25(37)33(5)23(17)35)13-7-9-14(10-8-13)16-18-22(30-12(2)20(16)28)32(4)26(38)34(6)24(18)36/h7-10H,27-28H2,1-6H3. The average molecular weight is 515 g/mol. The van der Waals surface area contributed by atoms with E-state index in [1.807, 2.05) is 0 Å². The number of benzene rings is 1. The topological polar surface area (TPSA) is 166 Å². The van der Waals surface area contributed by atoms with Crippen LogP contribution in [0.4, 0.5) is 11.4 Å². The molecule has 0 fully saturated rings. The molecule has 0 saturated carbocycles. The predicted octanol–water partition coefficient (Wildman–Crippen LogP) is 0.693. The second-order valence-electron chi connectivity index (χ2n) is 9.36. The first-order valence-corrected chi connectivity index (χ1v) is 11.7. The molecule has 0 amide bonds. The zero-order chi connectivity index (χ0) is 27.8. The number of nitrogens with two attached hydrogens (primary N) is 2. The molecular weight excluding hydrogens is 488 g/mol. The van der Waals surface area contributed by atoms with Crippen LogP contribution in [0, 0.1) is 13.8 Å². The fourth-order valence-corrected chi connectivity index (χ4v) is 4.84. The predicted molar refractivity (Wildman–Crippen MR) is 147 cm³/mol. The zero-order valence-electron chi connectivity index (χ0n) is 21.8. The summed E-state index contributed by atoms with van der Waals surface area (Å²) in [6.07, 6.45) is 0. The van der Waals surface area contributed by atoms with Gasteiger partial charge in [-0.25, -0.2) is 19.6 Å². The SMILES string of the molecule is Cc1nc2c(c(-c3ccc(-c4c(N)c(C)nc5c4c(=O)n(C)c(=O)n5C)cc3)c1N)c(=O)n(C)c(=O)n2C. The Bertz CT molecular complexity index is 1930. The number of rotatable bonds is 2. The maximum atomic E-state index is 13.2. The summed E-state index contributed by atoms with van der Waals surface area (Å²) in [7, 11) is 5.90. The molecule has 0 unspecified atom stereocenters. The molecule has 194 valence electrons. The normalized spacial score (nSPS) is 11.5. The minimum atomic E-state index is -0.509. The number of aromatic nitrogens is 6. The first kappa shape index (κ1) is 24.7. The highest BCUT2D eigenvalue weighted by atomic mass is 16.2. The molecular formula is C26H26N8O4. The summed E-state index contributed by atoms with van der Waals surface area (Å²) < 4.78 is 4.66. The maximum Gasteiger partial charge on any atom is 0.332 e. The third-order valence-electron chi connectivity index (χ3n) is 7.10. The number of fused-ring (bicyclic) bond motifs is 2. The van der Waals surface area contributed by atoms with Crippen molar-refractivity contribution in [2.75, 3.05) is 11.5 Å². The summed E-state index contributed by atoms with van der Waals surface area (Å²) in [5.41, 5.74) is 15.0. The molecule has 12 heteroatoms. The molecule has 4 heterocycles. The van der Waals surface area contributed by atoms with Gasteiger partial charge in [-0.15, -0.1) is 0 Å². The molecule has 0 aliphatic heterocycles. The van der Waals surface area contributed by atoms with Crippen molar-refractivity contribution in [1.82, 2.24) is 28.2 Å². The van der Waals surface area contributed by atoms with E-state index < -0.39 is 22.5 Å².